The van der Waals surface area contributed by atoms with Gasteiger partial charge in [-0.25, -0.2) is 0 Å². The summed E-state index contributed by atoms with van der Waals surface area (Å²) < 4.78 is 0. The van der Waals surface area contributed by atoms with Crippen molar-refractivity contribution in [1.29, 1.82) is 0 Å². The summed E-state index contributed by atoms with van der Waals surface area (Å²) in [5.74, 6) is -3.50. The van der Waals surface area contributed by atoms with E-state index in [9.17, 15) is 19.2 Å². The number of rotatable bonds is 2. The second kappa shape index (κ2) is 6.41. The molecular weight excluding hydrogens is 408 g/mol. The largest absolute Gasteiger partial charge is 0.399 e. The van der Waals surface area contributed by atoms with Crippen LogP contribution < -0.4 is 21.3 Å². The van der Waals surface area contributed by atoms with Gasteiger partial charge in [-0.15, -0.1) is 0 Å². The monoisotopic (exact) mass is 430 g/mol. The van der Waals surface area contributed by atoms with Crippen LogP contribution in [-0.4, -0.2) is 23.6 Å². The Morgan fingerprint density at radius 1 is 0.531 bits per heavy atom. The fourth-order valence-electron chi connectivity index (χ4n) is 6.51. The van der Waals surface area contributed by atoms with Crippen LogP contribution in [0.4, 0.5) is 22.7 Å². The van der Waals surface area contributed by atoms with Crippen molar-refractivity contribution < 1.29 is 19.2 Å². The fourth-order valence-corrected chi connectivity index (χ4v) is 6.51. The van der Waals surface area contributed by atoms with Gasteiger partial charge in [-0.05, 0) is 73.2 Å². The van der Waals surface area contributed by atoms with E-state index in [0.29, 0.717) is 35.6 Å². The van der Waals surface area contributed by atoms with Crippen molar-refractivity contribution in [3.63, 3.8) is 0 Å². The van der Waals surface area contributed by atoms with Gasteiger partial charge in [0.25, 0.3) is 0 Å². The molecule has 4 aliphatic rings. The van der Waals surface area contributed by atoms with E-state index in [-0.39, 0.29) is 35.5 Å². The number of benzene rings is 2. The van der Waals surface area contributed by atoms with E-state index in [0.717, 1.165) is 0 Å². The Labute approximate surface area is 184 Å². The van der Waals surface area contributed by atoms with E-state index >= 15 is 0 Å². The fraction of sp³-hybridized carbons (Fsp3) is 0.333. The van der Waals surface area contributed by atoms with Crippen LogP contribution in [0.25, 0.3) is 0 Å². The highest BCUT2D eigenvalue weighted by molar-refractivity contribution is 6.22. The SMILES string of the molecule is Nc1ccc(N2C(=O)C3CC(C2=O)C2C4CC(C(=O)N(c5ccc(N)cc5)C4=O)C32)cc1. The molecule has 4 bridgehead atoms. The molecule has 2 aromatic rings. The lowest BCUT2D eigenvalue weighted by atomic mass is 9.82. The third kappa shape index (κ3) is 2.37. The highest BCUT2D eigenvalue weighted by Gasteiger charge is 2.68. The van der Waals surface area contributed by atoms with Crippen molar-refractivity contribution >= 4 is 46.4 Å². The number of hydrogen-bond acceptors (Lipinski definition) is 6. The first-order valence-electron chi connectivity index (χ1n) is 10.8. The molecule has 4 atom stereocenters. The average molecular weight is 430 g/mol. The number of carbonyl (C=O) groups excluding carboxylic acids is 4. The molecule has 162 valence electrons. The van der Waals surface area contributed by atoms with Crippen LogP contribution in [0, 0.1) is 35.5 Å². The summed E-state index contributed by atoms with van der Waals surface area (Å²) >= 11 is 0. The molecule has 0 spiro atoms. The third-order valence-corrected chi connectivity index (χ3v) is 7.77. The summed E-state index contributed by atoms with van der Waals surface area (Å²) in [4.78, 5) is 56.2. The number of piperidine rings is 2. The van der Waals surface area contributed by atoms with Gasteiger partial charge in [0, 0.05) is 35.0 Å². The standard InChI is InChI=1S/C24H22N4O4/c25-11-1-5-13(6-2-11)27-21(29)15-9-16(22(27)30)20-18-10-17(19(15)20)23(31)28(24(18)32)14-7-3-12(26)4-8-14/h1-8,15-20H,9-10,25-26H2. The van der Waals surface area contributed by atoms with Crippen LogP contribution in [0.1, 0.15) is 12.8 Å². The molecule has 6 rings (SSSR count). The normalized spacial score (nSPS) is 33.1. The van der Waals surface area contributed by atoms with Crippen molar-refractivity contribution in [3.05, 3.63) is 48.5 Å². The lowest BCUT2D eigenvalue weighted by Crippen LogP contribution is -2.52. The highest BCUT2D eigenvalue weighted by Crippen LogP contribution is 2.61. The molecular formula is C24H22N4O4. The Morgan fingerprint density at radius 3 is 1.09 bits per heavy atom. The summed E-state index contributed by atoms with van der Waals surface area (Å²) in [6, 6.07) is 13.2. The van der Waals surface area contributed by atoms with Gasteiger partial charge in [-0.3, -0.25) is 29.0 Å². The highest BCUT2D eigenvalue weighted by atomic mass is 16.2. The molecule has 4 unspecified atom stereocenters. The van der Waals surface area contributed by atoms with Gasteiger partial charge in [0.1, 0.15) is 0 Å². The summed E-state index contributed by atoms with van der Waals surface area (Å²) in [6.07, 6.45) is 0.821. The zero-order valence-corrected chi connectivity index (χ0v) is 17.2. The quantitative estimate of drug-likeness (QED) is 0.425. The van der Waals surface area contributed by atoms with E-state index < -0.39 is 23.7 Å². The number of imide groups is 2. The first kappa shape index (κ1) is 19.0. The van der Waals surface area contributed by atoms with E-state index in [1.165, 1.54) is 9.80 Å². The van der Waals surface area contributed by atoms with E-state index in [1.807, 2.05) is 0 Å². The number of nitrogen functional groups attached to an aromatic ring is 2. The molecule has 0 aromatic heterocycles. The molecule has 2 aliphatic heterocycles. The van der Waals surface area contributed by atoms with Gasteiger partial charge >= 0.3 is 0 Å². The van der Waals surface area contributed by atoms with Gasteiger partial charge in [-0.2, -0.15) is 0 Å². The van der Waals surface area contributed by atoms with Crippen LogP contribution in [0.5, 0.6) is 0 Å². The predicted molar refractivity (Wildman–Crippen MR) is 117 cm³/mol. The molecule has 2 saturated heterocycles. The van der Waals surface area contributed by atoms with Gasteiger partial charge in [-0.1, -0.05) is 0 Å². The molecule has 8 heteroatoms. The van der Waals surface area contributed by atoms with Crippen molar-refractivity contribution in [2.24, 2.45) is 35.5 Å². The number of anilines is 4. The lowest BCUT2D eigenvalue weighted by Gasteiger charge is -2.36. The van der Waals surface area contributed by atoms with Crippen molar-refractivity contribution in [1.82, 2.24) is 0 Å². The maximum atomic E-state index is 13.4. The zero-order valence-electron chi connectivity index (χ0n) is 17.2. The second-order valence-corrected chi connectivity index (χ2v) is 9.26. The van der Waals surface area contributed by atoms with Crippen LogP contribution in [0.15, 0.2) is 48.5 Å². The zero-order chi connectivity index (χ0) is 22.3. The maximum absolute atomic E-state index is 13.4. The Bertz CT molecular complexity index is 1040. The minimum absolute atomic E-state index is 0.282. The van der Waals surface area contributed by atoms with Crippen molar-refractivity contribution in [2.45, 2.75) is 12.8 Å². The molecule has 2 aliphatic carbocycles. The molecule has 2 aromatic carbocycles. The van der Waals surface area contributed by atoms with Gasteiger partial charge in [0.05, 0.1) is 11.4 Å². The second-order valence-electron chi connectivity index (χ2n) is 9.26. The van der Waals surface area contributed by atoms with Crippen molar-refractivity contribution in [3.8, 4) is 0 Å². The number of amides is 4. The number of carbonyl (C=O) groups is 4. The molecule has 2 saturated carbocycles. The predicted octanol–water partition coefficient (Wildman–Crippen LogP) is 1.80. The molecule has 0 radical (unpaired) electrons. The van der Waals surface area contributed by atoms with Crippen LogP contribution >= 0.6 is 0 Å². The molecule has 4 fully saturated rings. The number of nitrogens with two attached hydrogens (primary N) is 2. The first-order valence-corrected chi connectivity index (χ1v) is 10.8. The van der Waals surface area contributed by atoms with Crippen LogP contribution in [0.3, 0.4) is 0 Å². The smallest absolute Gasteiger partial charge is 0.237 e. The Balaban J connectivity index is 1.38. The third-order valence-electron chi connectivity index (χ3n) is 7.77. The number of hydrogen-bond donors (Lipinski definition) is 2. The van der Waals surface area contributed by atoms with Crippen LogP contribution in [-0.2, 0) is 19.2 Å². The summed E-state index contributed by atoms with van der Waals surface area (Å²) in [5.41, 5.74) is 13.6. The molecule has 2 heterocycles. The summed E-state index contributed by atoms with van der Waals surface area (Å²) in [6.45, 7) is 0. The molecule has 32 heavy (non-hydrogen) atoms. The number of fused-ring (bicyclic) bond motifs is 9. The van der Waals surface area contributed by atoms with E-state index in [4.69, 9.17) is 11.5 Å². The minimum Gasteiger partial charge on any atom is -0.399 e. The topological polar surface area (TPSA) is 127 Å². The van der Waals surface area contributed by atoms with E-state index in [2.05, 4.69) is 0 Å². The molecule has 8 nitrogen and oxygen atoms in total. The summed E-state index contributed by atoms with van der Waals surface area (Å²) in [5, 5.41) is 0. The average Bonchev–Trinajstić information content (AvgIpc) is 3.30. The minimum atomic E-state index is -0.446. The van der Waals surface area contributed by atoms with Crippen molar-refractivity contribution in [2.75, 3.05) is 21.3 Å². The summed E-state index contributed by atoms with van der Waals surface area (Å²) in [7, 11) is 0. The van der Waals surface area contributed by atoms with Gasteiger partial charge < -0.3 is 11.5 Å². The van der Waals surface area contributed by atoms with E-state index in [1.54, 1.807) is 48.5 Å². The molecule has 4 N–H and O–H groups in total. The molecule has 4 amide bonds. The Hall–Kier alpha value is -3.68. The Morgan fingerprint density at radius 2 is 0.812 bits per heavy atom. The lowest BCUT2D eigenvalue weighted by molar-refractivity contribution is -0.136. The number of nitrogens with zero attached hydrogens (tertiary/aromatic N) is 2. The van der Waals surface area contributed by atoms with Gasteiger partial charge in [0.15, 0.2) is 0 Å². The van der Waals surface area contributed by atoms with Crippen LogP contribution in [0.2, 0.25) is 0 Å². The Kier molecular flexibility index (Phi) is 3.82. The maximum Gasteiger partial charge on any atom is 0.237 e. The van der Waals surface area contributed by atoms with Gasteiger partial charge in [0.2, 0.25) is 23.6 Å². The first-order chi connectivity index (χ1) is 15.4.